The summed E-state index contributed by atoms with van der Waals surface area (Å²) in [5, 5.41) is 13.0. The molecule has 1 amide bonds. The number of nitrogens with one attached hydrogen (secondary N) is 1. The summed E-state index contributed by atoms with van der Waals surface area (Å²) in [7, 11) is 3.04. The van der Waals surface area contributed by atoms with E-state index < -0.39 is 36.0 Å². The van der Waals surface area contributed by atoms with Crippen molar-refractivity contribution in [3.05, 3.63) is 59.2 Å². The van der Waals surface area contributed by atoms with Crippen molar-refractivity contribution in [2.75, 3.05) is 20.8 Å². The number of rotatable bonds is 11. The van der Waals surface area contributed by atoms with Crippen LogP contribution in [0.1, 0.15) is 37.0 Å². The summed E-state index contributed by atoms with van der Waals surface area (Å²) in [4.78, 5) is 39.6. The lowest BCUT2D eigenvalue weighted by Gasteiger charge is -2.37. The number of fused-ring (bicyclic) bond motifs is 1. The summed E-state index contributed by atoms with van der Waals surface area (Å²) < 4.78 is 15.9. The number of benzene rings is 2. The van der Waals surface area contributed by atoms with E-state index in [1.165, 1.54) is 19.1 Å². The zero-order chi connectivity index (χ0) is 26.2. The number of carbonyl (C=O) groups excluding carboxylic acids is 2. The van der Waals surface area contributed by atoms with Gasteiger partial charge in [0.05, 0.1) is 26.9 Å². The zero-order valence-electron chi connectivity index (χ0n) is 21.6. The van der Waals surface area contributed by atoms with Gasteiger partial charge in [-0.2, -0.15) is 0 Å². The molecule has 2 N–H and O–H groups in total. The Morgan fingerprint density at radius 3 is 2.27 bits per heavy atom. The molecule has 0 spiro atoms. The quantitative estimate of drug-likeness (QED) is 0.423. The molecule has 37 heavy (non-hydrogen) atoms. The highest BCUT2D eigenvalue weighted by Crippen LogP contribution is 2.35. The van der Waals surface area contributed by atoms with Crippen LogP contribution in [0, 0.1) is 0 Å². The monoisotopic (exact) mass is 534 g/mol. The van der Waals surface area contributed by atoms with Gasteiger partial charge in [-0.3, -0.25) is 14.9 Å². The van der Waals surface area contributed by atoms with Gasteiger partial charge in [-0.1, -0.05) is 30.3 Å². The second-order valence-corrected chi connectivity index (χ2v) is 8.72. The summed E-state index contributed by atoms with van der Waals surface area (Å²) in [6, 6.07) is 10.7. The number of esters is 1. The van der Waals surface area contributed by atoms with Crippen LogP contribution in [-0.2, 0) is 38.5 Å². The van der Waals surface area contributed by atoms with Crippen LogP contribution in [0.4, 0.5) is 0 Å². The van der Waals surface area contributed by atoms with Gasteiger partial charge in [0.2, 0.25) is 5.91 Å². The third kappa shape index (κ3) is 7.36. The predicted molar refractivity (Wildman–Crippen MR) is 140 cm³/mol. The van der Waals surface area contributed by atoms with Gasteiger partial charge < -0.3 is 24.2 Å². The topological polar surface area (TPSA) is 114 Å². The van der Waals surface area contributed by atoms with Crippen molar-refractivity contribution in [2.45, 2.75) is 57.8 Å². The van der Waals surface area contributed by atoms with Gasteiger partial charge in [0, 0.05) is 13.0 Å². The second kappa shape index (κ2) is 13.9. The number of aliphatic carboxylic acids is 1. The number of ether oxygens (including phenoxy) is 3. The Balaban J connectivity index is 0.00000481. The van der Waals surface area contributed by atoms with Gasteiger partial charge in [0.25, 0.3) is 0 Å². The molecule has 0 saturated heterocycles. The SMILES string of the molecule is CCOC(=O)[C@H](CCc1ccccc1)N[C@@H](C)C(=O)N1Cc2cc(OC)c(OC)cc2C[C@H]1C(=O)O.Cl. The van der Waals surface area contributed by atoms with Crippen LogP contribution in [0.15, 0.2) is 42.5 Å². The number of aryl methyl sites for hydroxylation is 1. The number of carboxylic acid groups (broad SMARTS) is 1. The smallest absolute Gasteiger partial charge is 0.326 e. The van der Waals surface area contributed by atoms with Crippen LogP contribution in [-0.4, -0.2) is 66.8 Å². The third-order valence-electron chi connectivity index (χ3n) is 6.36. The number of halogens is 1. The van der Waals surface area contributed by atoms with Crippen molar-refractivity contribution < 1.29 is 33.7 Å². The van der Waals surface area contributed by atoms with E-state index in [4.69, 9.17) is 14.2 Å². The van der Waals surface area contributed by atoms with Crippen molar-refractivity contribution in [3.63, 3.8) is 0 Å². The van der Waals surface area contributed by atoms with Gasteiger partial charge in [-0.15, -0.1) is 12.4 Å². The van der Waals surface area contributed by atoms with Crippen molar-refractivity contribution in [2.24, 2.45) is 0 Å². The average Bonchev–Trinajstić information content (AvgIpc) is 2.89. The molecule has 0 saturated carbocycles. The second-order valence-electron chi connectivity index (χ2n) is 8.72. The Labute approximate surface area is 223 Å². The summed E-state index contributed by atoms with van der Waals surface area (Å²) in [6.07, 6.45) is 1.19. The van der Waals surface area contributed by atoms with Crippen LogP contribution >= 0.6 is 12.4 Å². The molecule has 0 unspecified atom stereocenters. The normalized spacial score (nSPS) is 16.0. The summed E-state index contributed by atoms with van der Waals surface area (Å²) >= 11 is 0. The molecule has 1 aliphatic rings. The molecule has 10 heteroatoms. The highest BCUT2D eigenvalue weighted by atomic mass is 35.5. The Bertz CT molecular complexity index is 1080. The van der Waals surface area contributed by atoms with Gasteiger partial charge in [0.15, 0.2) is 11.5 Å². The number of hydrogen-bond acceptors (Lipinski definition) is 7. The lowest BCUT2D eigenvalue weighted by atomic mass is 9.92. The summed E-state index contributed by atoms with van der Waals surface area (Å²) in [5.41, 5.74) is 2.64. The fourth-order valence-electron chi connectivity index (χ4n) is 4.45. The maximum atomic E-state index is 13.5. The molecule has 0 aliphatic carbocycles. The highest BCUT2D eigenvalue weighted by Gasteiger charge is 2.38. The van der Waals surface area contributed by atoms with Crippen LogP contribution in [0.2, 0.25) is 0 Å². The average molecular weight is 535 g/mol. The van der Waals surface area contributed by atoms with Crippen LogP contribution in [0.25, 0.3) is 0 Å². The first-order valence-electron chi connectivity index (χ1n) is 12.0. The first kappa shape index (κ1) is 29.9. The molecule has 0 fully saturated rings. The van der Waals surface area contributed by atoms with Crippen molar-refractivity contribution in [1.29, 1.82) is 0 Å². The van der Waals surface area contributed by atoms with E-state index in [2.05, 4.69) is 5.32 Å². The van der Waals surface area contributed by atoms with Crippen LogP contribution < -0.4 is 14.8 Å². The highest BCUT2D eigenvalue weighted by molar-refractivity contribution is 5.88. The van der Waals surface area contributed by atoms with Crippen molar-refractivity contribution in [3.8, 4) is 11.5 Å². The molecule has 2 aromatic carbocycles. The van der Waals surface area contributed by atoms with Crippen molar-refractivity contribution in [1.82, 2.24) is 10.2 Å². The number of nitrogens with zero attached hydrogens (tertiary/aromatic N) is 1. The number of carboxylic acids is 1. The molecule has 9 nitrogen and oxygen atoms in total. The van der Waals surface area contributed by atoms with Crippen LogP contribution in [0.3, 0.4) is 0 Å². The van der Waals surface area contributed by atoms with E-state index in [1.54, 1.807) is 26.0 Å². The fraction of sp³-hybridized carbons (Fsp3) is 0.444. The Morgan fingerprint density at radius 2 is 1.70 bits per heavy atom. The van der Waals surface area contributed by atoms with Crippen LogP contribution in [0.5, 0.6) is 11.5 Å². The maximum absolute atomic E-state index is 13.5. The standard InChI is InChI=1S/C27H34N2O7.ClH/c1-5-36-27(33)21(12-11-18-9-7-6-8-10-18)28-17(2)25(30)29-16-20-15-24(35-4)23(34-3)14-19(20)13-22(29)26(31)32;/h6-10,14-15,17,21-22,28H,5,11-13,16H2,1-4H3,(H,31,32);1H/t17-,21-,22-;/m0./s1. The number of hydrogen-bond donors (Lipinski definition) is 2. The lowest BCUT2D eigenvalue weighted by Crippen LogP contribution is -2.56. The first-order chi connectivity index (χ1) is 17.3. The van der Waals surface area contributed by atoms with Gasteiger partial charge >= 0.3 is 11.9 Å². The molecule has 202 valence electrons. The molecule has 0 bridgehead atoms. The minimum atomic E-state index is -1.10. The Hall–Kier alpha value is -3.30. The van der Waals surface area contributed by atoms with E-state index in [0.717, 1.165) is 16.7 Å². The van der Waals surface area contributed by atoms with Gasteiger partial charge in [0.1, 0.15) is 12.1 Å². The minimum Gasteiger partial charge on any atom is -0.493 e. The molecule has 3 rings (SSSR count). The van der Waals surface area contributed by atoms with E-state index in [-0.39, 0.29) is 32.0 Å². The number of methoxy groups -OCH3 is 2. The molecule has 0 radical (unpaired) electrons. The van der Waals surface area contributed by atoms with Gasteiger partial charge in [-0.05, 0) is 55.5 Å². The summed E-state index contributed by atoms with van der Waals surface area (Å²) in [6.45, 7) is 3.69. The molecule has 1 heterocycles. The fourth-order valence-corrected chi connectivity index (χ4v) is 4.45. The summed E-state index contributed by atoms with van der Waals surface area (Å²) in [5.74, 6) is -0.930. The molecule has 2 aromatic rings. The molecular formula is C27H35ClN2O7. The van der Waals surface area contributed by atoms with E-state index >= 15 is 0 Å². The minimum absolute atomic E-state index is 0. The van der Waals surface area contributed by atoms with Gasteiger partial charge in [-0.25, -0.2) is 4.79 Å². The number of carbonyl (C=O) groups is 3. The van der Waals surface area contributed by atoms with E-state index in [9.17, 15) is 19.5 Å². The molecule has 0 aromatic heterocycles. The molecule has 1 aliphatic heterocycles. The lowest BCUT2D eigenvalue weighted by molar-refractivity contribution is -0.153. The molecule has 3 atom stereocenters. The van der Waals surface area contributed by atoms with Crippen molar-refractivity contribution >= 4 is 30.3 Å². The third-order valence-corrected chi connectivity index (χ3v) is 6.36. The number of amides is 1. The Morgan fingerprint density at radius 1 is 1.08 bits per heavy atom. The maximum Gasteiger partial charge on any atom is 0.326 e. The molecular weight excluding hydrogens is 500 g/mol. The first-order valence-corrected chi connectivity index (χ1v) is 12.0. The van der Waals surface area contributed by atoms with E-state index in [0.29, 0.717) is 24.3 Å². The van der Waals surface area contributed by atoms with E-state index in [1.807, 2.05) is 30.3 Å². The largest absolute Gasteiger partial charge is 0.493 e. The predicted octanol–water partition coefficient (Wildman–Crippen LogP) is 3.01. The Kier molecular flexibility index (Phi) is 11.2. The zero-order valence-corrected chi connectivity index (χ0v) is 22.4.